The lowest BCUT2D eigenvalue weighted by Crippen LogP contribution is -2.11. The summed E-state index contributed by atoms with van der Waals surface area (Å²) in [6.45, 7) is 3.94. The lowest BCUT2D eigenvalue weighted by molar-refractivity contribution is 0.625. The second-order valence-corrected chi connectivity index (χ2v) is 5.25. The molecule has 1 heterocycles. The Kier molecular flexibility index (Phi) is 3.08. The summed E-state index contributed by atoms with van der Waals surface area (Å²) < 4.78 is 13.0. The predicted octanol–water partition coefficient (Wildman–Crippen LogP) is 3.55. The first-order valence-corrected chi connectivity index (χ1v) is 5.97. The van der Waals surface area contributed by atoms with Crippen LogP contribution in [0.3, 0.4) is 0 Å². The molecule has 16 heavy (non-hydrogen) atoms. The van der Waals surface area contributed by atoms with Crippen LogP contribution in [0.15, 0.2) is 30.3 Å². The topological polar surface area (TPSA) is 26.0 Å². The van der Waals surface area contributed by atoms with Crippen molar-refractivity contribution in [2.24, 2.45) is 5.73 Å². The van der Waals surface area contributed by atoms with Crippen LogP contribution >= 0.6 is 11.3 Å². The van der Waals surface area contributed by atoms with E-state index in [0.29, 0.717) is 0 Å². The Morgan fingerprint density at radius 1 is 1.19 bits per heavy atom. The Hall–Kier alpha value is -1.19. The Labute approximate surface area is 98.7 Å². The Bertz CT molecular complexity index is 504. The molecule has 3 heteroatoms. The third-order valence-electron chi connectivity index (χ3n) is 2.63. The number of hydrogen-bond donors (Lipinski definition) is 1. The molecule has 2 aromatic rings. The van der Waals surface area contributed by atoms with Gasteiger partial charge < -0.3 is 5.73 Å². The van der Waals surface area contributed by atoms with Crippen molar-refractivity contribution in [2.45, 2.75) is 19.9 Å². The molecule has 1 atom stereocenters. The molecule has 0 saturated heterocycles. The van der Waals surface area contributed by atoms with Gasteiger partial charge in [0.25, 0.3) is 0 Å². The highest BCUT2D eigenvalue weighted by molar-refractivity contribution is 7.12. The summed E-state index contributed by atoms with van der Waals surface area (Å²) in [5.41, 5.74) is 8.06. The lowest BCUT2D eigenvalue weighted by atomic mass is 10.0. The third kappa shape index (κ3) is 2.15. The van der Waals surface area contributed by atoms with E-state index >= 15 is 0 Å². The normalized spacial score (nSPS) is 12.8. The molecule has 2 N–H and O–H groups in total. The van der Waals surface area contributed by atoms with Gasteiger partial charge in [-0.2, -0.15) is 0 Å². The highest BCUT2D eigenvalue weighted by Gasteiger charge is 2.13. The number of nitrogens with two attached hydrogens (primary N) is 1. The van der Waals surface area contributed by atoms with Gasteiger partial charge in [-0.15, -0.1) is 11.3 Å². The SMILES string of the molecule is Cc1ccc(C(N)c2ccc(F)cc2C)s1. The number of thiophene rings is 1. The predicted molar refractivity (Wildman–Crippen MR) is 66.2 cm³/mol. The van der Waals surface area contributed by atoms with Crippen molar-refractivity contribution < 1.29 is 4.39 Å². The van der Waals surface area contributed by atoms with Crippen molar-refractivity contribution in [3.05, 3.63) is 57.0 Å². The van der Waals surface area contributed by atoms with E-state index in [1.165, 1.54) is 17.0 Å². The van der Waals surface area contributed by atoms with Gasteiger partial charge in [0.2, 0.25) is 0 Å². The monoisotopic (exact) mass is 235 g/mol. The number of benzene rings is 1. The van der Waals surface area contributed by atoms with E-state index in [2.05, 4.69) is 13.0 Å². The van der Waals surface area contributed by atoms with Crippen molar-refractivity contribution in [1.29, 1.82) is 0 Å². The van der Waals surface area contributed by atoms with E-state index in [1.807, 2.05) is 13.0 Å². The zero-order valence-electron chi connectivity index (χ0n) is 9.33. The average molecular weight is 235 g/mol. The smallest absolute Gasteiger partial charge is 0.123 e. The van der Waals surface area contributed by atoms with Crippen molar-refractivity contribution in [2.75, 3.05) is 0 Å². The van der Waals surface area contributed by atoms with Crippen LogP contribution in [0, 0.1) is 19.7 Å². The molecule has 0 aliphatic carbocycles. The molecule has 84 valence electrons. The van der Waals surface area contributed by atoms with Crippen molar-refractivity contribution in [3.8, 4) is 0 Å². The van der Waals surface area contributed by atoms with Gasteiger partial charge in [-0.3, -0.25) is 0 Å². The van der Waals surface area contributed by atoms with Crippen LogP contribution in [0.25, 0.3) is 0 Å². The van der Waals surface area contributed by atoms with E-state index in [1.54, 1.807) is 17.4 Å². The summed E-state index contributed by atoms with van der Waals surface area (Å²) in [5, 5.41) is 0. The maximum absolute atomic E-state index is 13.0. The Morgan fingerprint density at radius 3 is 2.50 bits per heavy atom. The molecule has 0 amide bonds. The van der Waals surface area contributed by atoms with Crippen LogP contribution in [0.1, 0.15) is 26.9 Å². The highest BCUT2D eigenvalue weighted by Crippen LogP contribution is 2.28. The quantitative estimate of drug-likeness (QED) is 0.846. The number of rotatable bonds is 2. The molecule has 0 bridgehead atoms. The summed E-state index contributed by atoms with van der Waals surface area (Å²) in [7, 11) is 0. The fraction of sp³-hybridized carbons (Fsp3) is 0.231. The molecular weight excluding hydrogens is 221 g/mol. The molecule has 1 aromatic heterocycles. The van der Waals surface area contributed by atoms with Crippen LogP contribution in [-0.4, -0.2) is 0 Å². The van der Waals surface area contributed by atoms with Crippen molar-refractivity contribution >= 4 is 11.3 Å². The molecule has 0 radical (unpaired) electrons. The molecule has 1 aromatic carbocycles. The minimum Gasteiger partial charge on any atom is -0.320 e. The second-order valence-electron chi connectivity index (χ2n) is 3.93. The molecule has 0 spiro atoms. The fourth-order valence-electron chi connectivity index (χ4n) is 1.76. The van der Waals surface area contributed by atoms with Crippen LogP contribution in [-0.2, 0) is 0 Å². The van der Waals surface area contributed by atoms with Gasteiger partial charge in [0.15, 0.2) is 0 Å². The Morgan fingerprint density at radius 2 is 1.94 bits per heavy atom. The van der Waals surface area contributed by atoms with Gasteiger partial charge in [-0.05, 0) is 49.2 Å². The first kappa shape index (κ1) is 11.3. The average Bonchev–Trinajstić information content (AvgIpc) is 2.64. The van der Waals surface area contributed by atoms with Gasteiger partial charge in [-0.1, -0.05) is 6.07 Å². The highest BCUT2D eigenvalue weighted by atomic mass is 32.1. The van der Waals surface area contributed by atoms with Crippen LogP contribution in [0.2, 0.25) is 0 Å². The third-order valence-corrected chi connectivity index (χ3v) is 3.72. The molecule has 1 nitrogen and oxygen atoms in total. The van der Waals surface area contributed by atoms with E-state index < -0.39 is 0 Å². The zero-order valence-corrected chi connectivity index (χ0v) is 10.1. The number of hydrogen-bond acceptors (Lipinski definition) is 2. The molecule has 0 fully saturated rings. The molecular formula is C13H14FNS. The minimum atomic E-state index is -0.212. The fourth-order valence-corrected chi connectivity index (χ4v) is 2.66. The molecule has 0 aliphatic heterocycles. The van der Waals surface area contributed by atoms with E-state index in [4.69, 9.17) is 5.73 Å². The first-order chi connectivity index (χ1) is 7.58. The van der Waals surface area contributed by atoms with Crippen molar-refractivity contribution in [3.63, 3.8) is 0 Å². The van der Waals surface area contributed by atoms with Gasteiger partial charge in [0.05, 0.1) is 6.04 Å². The standard InChI is InChI=1S/C13H14FNS/c1-8-7-10(14)4-5-11(8)13(15)12-6-3-9(2)16-12/h3-7,13H,15H2,1-2H3. The van der Waals surface area contributed by atoms with Gasteiger partial charge >= 0.3 is 0 Å². The maximum Gasteiger partial charge on any atom is 0.123 e. The molecule has 0 aliphatic rings. The summed E-state index contributed by atoms with van der Waals surface area (Å²) in [5.74, 6) is -0.212. The summed E-state index contributed by atoms with van der Waals surface area (Å²) >= 11 is 1.68. The molecule has 1 unspecified atom stereocenters. The van der Waals surface area contributed by atoms with Crippen LogP contribution in [0.5, 0.6) is 0 Å². The minimum absolute atomic E-state index is 0.153. The van der Waals surface area contributed by atoms with E-state index in [-0.39, 0.29) is 11.9 Å². The summed E-state index contributed by atoms with van der Waals surface area (Å²) in [6, 6.07) is 8.69. The van der Waals surface area contributed by atoms with Gasteiger partial charge in [0.1, 0.15) is 5.82 Å². The maximum atomic E-state index is 13.0. The van der Waals surface area contributed by atoms with Gasteiger partial charge in [-0.25, -0.2) is 4.39 Å². The van der Waals surface area contributed by atoms with Crippen molar-refractivity contribution in [1.82, 2.24) is 0 Å². The zero-order chi connectivity index (χ0) is 11.7. The largest absolute Gasteiger partial charge is 0.320 e. The van der Waals surface area contributed by atoms with E-state index in [9.17, 15) is 4.39 Å². The molecule has 2 rings (SSSR count). The molecule has 0 saturated carbocycles. The van der Waals surface area contributed by atoms with Crippen LogP contribution < -0.4 is 5.73 Å². The van der Waals surface area contributed by atoms with Gasteiger partial charge in [0, 0.05) is 9.75 Å². The second kappa shape index (κ2) is 4.36. The first-order valence-electron chi connectivity index (χ1n) is 5.16. The summed E-state index contributed by atoms with van der Waals surface area (Å²) in [4.78, 5) is 2.36. The summed E-state index contributed by atoms with van der Waals surface area (Å²) in [6.07, 6.45) is 0. The number of halogens is 1. The number of aryl methyl sites for hydroxylation is 2. The Balaban J connectivity index is 2.37. The van der Waals surface area contributed by atoms with E-state index in [0.717, 1.165) is 16.0 Å². The van der Waals surface area contributed by atoms with Crippen LogP contribution in [0.4, 0.5) is 4.39 Å². The lowest BCUT2D eigenvalue weighted by Gasteiger charge is -2.13.